The van der Waals surface area contributed by atoms with Crippen LogP contribution in [0, 0.1) is 0 Å². The molecule has 0 rings (SSSR count). The number of allylic oxidation sites excluding steroid dienone is 5. The van der Waals surface area contributed by atoms with E-state index in [2.05, 4.69) is 43.5 Å². The molecule has 3 unspecified atom stereocenters. The number of likely N-dealkylation sites (N-methyl/N-ethyl adjacent to an activating group) is 1. The summed E-state index contributed by atoms with van der Waals surface area (Å²) in [5.74, 6) is -0.182. The number of phosphoric ester groups is 1. The molecule has 504 valence electrons. The second-order valence-corrected chi connectivity index (χ2v) is 28.8. The molecule has 0 saturated heterocycles. The topological polar surface area (TPSA) is 105 Å². The average Bonchev–Trinajstić information content (AvgIpc) is 3.52. The molecule has 0 aliphatic heterocycles. The highest BCUT2D eigenvalue weighted by molar-refractivity contribution is 7.47. The molecule has 0 spiro atoms. The molecule has 85 heavy (non-hydrogen) atoms. The smallest absolute Gasteiger partial charge is 0.387 e. The number of rotatable bonds is 71. The lowest BCUT2D eigenvalue weighted by atomic mass is 10.0. The number of carbonyl (C=O) groups is 1. The van der Waals surface area contributed by atoms with Crippen molar-refractivity contribution in [2.75, 3.05) is 40.9 Å². The number of aliphatic hydroxyl groups is 1. The zero-order valence-electron chi connectivity index (χ0n) is 57.9. The Morgan fingerprint density at radius 3 is 0.941 bits per heavy atom. The van der Waals surface area contributed by atoms with Crippen molar-refractivity contribution in [1.29, 1.82) is 0 Å². The van der Waals surface area contributed by atoms with Gasteiger partial charge in [0.25, 0.3) is 0 Å². The molecule has 8 nitrogen and oxygen atoms in total. The van der Waals surface area contributed by atoms with Crippen LogP contribution < -0.4 is 5.32 Å². The molecule has 3 atom stereocenters. The Kier molecular flexibility index (Phi) is 66.1. The van der Waals surface area contributed by atoms with Crippen LogP contribution in [0.4, 0.5) is 0 Å². The fraction of sp³-hybridized carbons (Fsp3) is 0.908. The fourth-order valence-electron chi connectivity index (χ4n) is 11.7. The predicted octanol–water partition coefficient (Wildman–Crippen LogP) is 24.4. The van der Waals surface area contributed by atoms with Gasteiger partial charge in [0.2, 0.25) is 5.91 Å². The van der Waals surface area contributed by atoms with Crippen molar-refractivity contribution >= 4 is 13.7 Å². The molecule has 3 N–H and O–H groups in total. The predicted molar refractivity (Wildman–Crippen MR) is 374 cm³/mol. The lowest BCUT2D eigenvalue weighted by molar-refractivity contribution is -0.870. The highest BCUT2D eigenvalue weighted by Crippen LogP contribution is 2.43. The number of amides is 1. The van der Waals surface area contributed by atoms with E-state index < -0.39 is 20.0 Å². The van der Waals surface area contributed by atoms with Crippen LogP contribution >= 0.6 is 7.82 Å². The number of hydrogen-bond acceptors (Lipinski definition) is 5. The molecular formula is C76H150N2O6P+. The van der Waals surface area contributed by atoms with E-state index in [1.807, 2.05) is 27.2 Å². The third kappa shape index (κ3) is 70.0. The van der Waals surface area contributed by atoms with Crippen LogP contribution in [0.25, 0.3) is 0 Å². The van der Waals surface area contributed by atoms with E-state index in [9.17, 15) is 19.4 Å². The van der Waals surface area contributed by atoms with E-state index >= 15 is 0 Å². The molecule has 0 aromatic carbocycles. The number of quaternary nitrogens is 1. The van der Waals surface area contributed by atoms with Gasteiger partial charge in [-0.25, -0.2) is 4.57 Å². The normalized spacial score (nSPS) is 13.7. The van der Waals surface area contributed by atoms with Crippen molar-refractivity contribution in [3.8, 4) is 0 Å². The van der Waals surface area contributed by atoms with Gasteiger partial charge in [0, 0.05) is 6.42 Å². The van der Waals surface area contributed by atoms with Crippen LogP contribution in [0.2, 0.25) is 0 Å². The number of nitrogens with zero attached hydrogens (tertiary/aromatic N) is 1. The number of unbranched alkanes of at least 4 members (excludes halogenated alkanes) is 54. The van der Waals surface area contributed by atoms with E-state index in [0.29, 0.717) is 17.4 Å². The van der Waals surface area contributed by atoms with Gasteiger partial charge in [-0.1, -0.05) is 378 Å². The molecule has 9 heteroatoms. The minimum Gasteiger partial charge on any atom is -0.387 e. The van der Waals surface area contributed by atoms with Gasteiger partial charge in [-0.05, 0) is 44.9 Å². The first-order valence-electron chi connectivity index (χ1n) is 37.9. The van der Waals surface area contributed by atoms with Crippen LogP contribution in [-0.2, 0) is 18.4 Å². The zero-order chi connectivity index (χ0) is 61.9. The van der Waals surface area contributed by atoms with Gasteiger partial charge in [-0.3, -0.25) is 13.8 Å². The third-order valence-corrected chi connectivity index (χ3v) is 18.6. The van der Waals surface area contributed by atoms with Crippen molar-refractivity contribution in [3.63, 3.8) is 0 Å². The van der Waals surface area contributed by atoms with Crippen LogP contribution in [0.3, 0.4) is 0 Å². The monoisotopic (exact) mass is 1220 g/mol. The summed E-state index contributed by atoms with van der Waals surface area (Å²) in [7, 11) is 1.56. The number of nitrogens with one attached hydrogen (secondary N) is 1. The van der Waals surface area contributed by atoms with Crippen LogP contribution in [0.1, 0.15) is 393 Å². The average molecular weight is 1220 g/mol. The van der Waals surface area contributed by atoms with E-state index in [1.54, 1.807) is 6.08 Å². The van der Waals surface area contributed by atoms with Gasteiger partial charge in [-0.2, -0.15) is 0 Å². The highest BCUT2D eigenvalue weighted by Gasteiger charge is 2.28. The van der Waals surface area contributed by atoms with Crippen molar-refractivity contribution in [2.45, 2.75) is 405 Å². The van der Waals surface area contributed by atoms with Crippen molar-refractivity contribution in [2.24, 2.45) is 0 Å². The number of carbonyl (C=O) groups excluding carboxylic acids is 1. The molecule has 1 amide bonds. The Morgan fingerprint density at radius 1 is 0.388 bits per heavy atom. The maximum Gasteiger partial charge on any atom is 0.472 e. The van der Waals surface area contributed by atoms with Crippen LogP contribution in [0.15, 0.2) is 36.5 Å². The van der Waals surface area contributed by atoms with Gasteiger partial charge in [-0.15, -0.1) is 0 Å². The molecular weight excluding hydrogens is 1070 g/mol. The van der Waals surface area contributed by atoms with E-state index in [4.69, 9.17) is 9.05 Å². The molecule has 0 aromatic heterocycles. The summed E-state index contributed by atoms with van der Waals surface area (Å²) in [4.78, 5) is 23.4. The summed E-state index contributed by atoms with van der Waals surface area (Å²) in [5, 5.41) is 14.0. The number of hydrogen-bond donors (Lipinski definition) is 3. The molecule has 0 bridgehead atoms. The first-order chi connectivity index (χ1) is 41.5. The summed E-state index contributed by atoms with van der Waals surface area (Å²) >= 11 is 0. The van der Waals surface area contributed by atoms with E-state index in [0.717, 1.165) is 44.9 Å². The van der Waals surface area contributed by atoms with E-state index in [1.165, 1.54) is 327 Å². The summed E-state index contributed by atoms with van der Waals surface area (Å²) in [6.07, 6.45) is 90.5. The van der Waals surface area contributed by atoms with E-state index in [-0.39, 0.29) is 19.1 Å². The maximum absolute atomic E-state index is 13.1. The Morgan fingerprint density at radius 2 is 0.647 bits per heavy atom. The Hall–Kier alpha value is -1.28. The molecule has 0 aromatic rings. The minimum atomic E-state index is -4.37. The van der Waals surface area contributed by atoms with Gasteiger partial charge in [0.05, 0.1) is 39.9 Å². The van der Waals surface area contributed by atoms with Crippen molar-refractivity contribution < 1.29 is 32.9 Å². The summed E-state index contributed by atoms with van der Waals surface area (Å²) in [6.45, 7) is 4.86. The number of phosphoric acid groups is 1. The SMILES string of the molecule is CCCCCCCCCCCCCCCCCCCCCC/C=C/CC/C=C/CC/C=C/C(O)C(COP(=O)(O)OCC[N+](C)(C)C)NC(=O)CCCCCCCCCCCCCCCCCCCCCCCCCCCCCCCCCCC. The molecule has 0 radical (unpaired) electrons. The van der Waals surface area contributed by atoms with Gasteiger partial charge >= 0.3 is 7.82 Å². The van der Waals surface area contributed by atoms with Gasteiger partial charge in [0.1, 0.15) is 13.2 Å². The van der Waals surface area contributed by atoms with Crippen LogP contribution in [0.5, 0.6) is 0 Å². The first kappa shape index (κ1) is 83.7. The Balaban J connectivity index is 4.04. The van der Waals surface area contributed by atoms with Crippen LogP contribution in [-0.4, -0.2) is 73.4 Å². The quantitative estimate of drug-likeness (QED) is 0.0243. The second kappa shape index (κ2) is 67.1. The Bertz CT molecular complexity index is 1480. The molecule has 0 aliphatic rings. The summed E-state index contributed by atoms with van der Waals surface area (Å²) in [5.41, 5.74) is 0. The number of aliphatic hydroxyl groups excluding tert-OH is 1. The summed E-state index contributed by atoms with van der Waals surface area (Å²) in [6, 6.07) is -0.870. The molecule has 0 heterocycles. The largest absolute Gasteiger partial charge is 0.472 e. The Labute approximate surface area is 531 Å². The van der Waals surface area contributed by atoms with Gasteiger partial charge < -0.3 is 19.8 Å². The van der Waals surface area contributed by atoms with Gasteiger partial charge in [0.15, 0.2) is 0 Å². The molecule has 0 aliphatic carbocycles. The molecule has 0 fully saturated rings. The maximum atomic E-state index is 13.1. The van der Waals surface area contributed by atoms with Crippen molar-refractivity contribution in [3.05, 3.63) is 36.5 Å². The highest BCUT2D eigenvalue weighted by atomic mass is 31.2. The first-order valence-corrected chi connectivity index (χ1v) is 39.4. The lowest BCUT2D eigenvalue weighted by Gasteiger charge is -2.25. The third-order valence-electron chi connectivity index (χ3n) is 17.6. The zero-order valence-corrected chi connectivity index (χ0v) is 58.8. The summed E-state index contributed by atoms with van der Waals surface area (Å²) < 4.78 is 23.8. The molecule has 0 saturated carbocycles. The van der Waals surface area contributed by atoms with Crippen molar-refractivity contribution in [1.82, 2.24) is 5.32 Å². The minimum absolute atomic E-state index is 0.0555. The standard InChI is InChI=1S/C76H149N2O6P/c1-6-8-10-12-14-16-18-20-22-24-26-28-30-32-34-36-38-39-40-42-44-46-48-50-52-54-56-58-60-62-64-66-68-70-76(80)77-74(73-84-85(81,82)83-72-71-78(3,4)5)75(79)69-67-65-63-61-59-57-55-53-51-49-47-45-43-41-37-35-33-31-29-27-25-23-21-19-17-15-13-11-9-7-2/h51,53,59,61,67,69,74-75,79H,6-50,52,54-58,60,62-66,68,70-73H2,1-5H3,(H-,77,80,81,82)/p+1/b53-51+,61-59+,69-67+. The lowest BCUT2D eigenvalue weighted by Crippen LogP contribution is -2.45. The fourth-order valence-corrected chi connectivity index (χ4v) is 12.5. The second-order valence-electron chi connectivity index (χ2n) is 27.4.